The van der Waals surface area contributed by atoms with E-state index in [0.717, 1.165) is 29.7 Å². The zero-order valence-electron chi connectivity index (χ0n) is 18.3. The van der Waals surface area contributed by atoms with E-state index in [9.17, 15) is 4.79 Å². The van der Waals surface area contributed by atoms with E-state index < -0.39 is 6.10 Å². The summed E-state index contributed by atoms with van der Waals surface area (Å²) < 4.78 is 6.26. The van der Waals surface area contributed by atoms with E-state index in [1.807, 2.05) is 54.3 Å². The SMILES string of the molecule is CCC(Oc1ccc2c(c1)CCCC2)C(=O)N(Cc1ccccc1)Cc1ccccc1. The summed E-state index contributed by atoms with van der Waals surface area (Å²) in [6.45, 7) is 3.15. The molecular weight excluding hydrogens is 382 g/mol. The van der Waals surface area contributed by atoms with Crippen LogP contribution in [0.5, 0.6) is 5.75 Å². The van der Waals surface area contributed by atoms with Crippen LogP contribution in [0.4, 0.5) is 0 Å². The van der Waals surface area contributed by atoms with Gasteiger partial charge in [-0.15, -0.1) is 0 Å². The molecule has 1 unspecified atom stereocenters. The first-order chi connectivity index (χ1) is 15.2. The maximum atomic E-state index is 13.6. The predicted molar refractivity (Wildman–Crippen MR) is 125 cm³/mol. The molecule has 0 heterocycles. The summed E-state index contributed by atoms with van der Waals surface area (Å²) in [6, 6.07) is 26.7. The van der Waals surface area contributed by atoms with E-state index in [0.29, 0.717) is 19.5 Å². The van der Waals surface area contributed by atoms with E-state index in [1.165, 1.54) is 24.0 Å². The fourth-order valence-electron chi connectivity index (χ4n) is 4.28. The largest absolute Gasteiger partial charge is 0.481 e. The Morgan fingerprint density at radius 2 is 1.42 bits per heavy atom. The van der Waals surface area contributed by atoms with Gasteiger partial charge in [-0.2, -0.15) is 0 Å². The average molecular weight is 414 g/mol. The van der Waals surface area contributed by atoms with Crippen molar-refractivity contribution in [3.05, 3.63) is 101 Å². The van der Waals surface area contributed by atoms with Crippen LogP contribution >= 0.6 is 0 Å². The van der Waals surface area contributed by atoms with Gasteiger partial charge in [0, 0.05) is 13.1 Å². The smallest absolute Gasteiger partial charge is 0.264 e. The van der Waals surface area contributed by atoms with E-state index >= 15 is 0 Å². The molecule has 160 valence electrons. The van der Waals surface area contributed by atoms with E-state index in [1.54, 1.807) is 0 Å². The van der Waals surface area contributed by atoms with Crippen LogP contribution in [0, 0.1) is 0 Å². The molecule has 1 aliphatic rings. The van der Waals surface area contributed by atoms with Crippen LogP contribution in [0.2, 0.25) is 0 Å². The van der Waals surface area contributed by atoms with Gasteiger partial charge >= 0.3 is 0 Å². The fourth-order valence-corrected chi connectivity index (χ4v) is 4.28. The monoisotopic (exact) mass is 413 g/mol. The third kappa shape index (κ3) is 5.55. The van der Waals surface area contributed by atoms with Crippen molar-refractivity contribution in [2.75, 3.05) is 0 Å². The van der Waals surface area contributed by atoms with Gasteiger partial charge in [0.05, 0.1) is 0 Å². The van der Waals surface area contributed by atoms with Crippen molar-refractivity contribution in [1.29, 1.82) is 0 Å². The lowest BCUT2D eigenvalue weighted by Gasteiger charge is -2.28. The molecule has 0 saturated heterocycles. The summed E-state index contributed by atoms with van der Waals surface area (Å²) in [7, 11) is 0. The van der Waals surface area contributed by atoms with Crippen molar-refractivity contribution in [1.82, 2.24) is 4.90 Å². The van der Waals surface area contributed by atoms with Crippen molar-refractivity contribution in [3.63, 3.8) is 0 Å². The molecule has 3 nitrogen and oxygen atoms in total. The molecule has 0 spiro atoms. The Morgan fingerprint density at radius 3 is 2.00 bits per heavy atom. The van der Waals surface area contributed by atoms with Crippen LogP contribution in [-0.4, -0.2) is 16.9 Å². The maximum absolute atomic E-state index is 13.6. The van der Waals surface area contributed by atoms with Crippen molar-refractivity contribution < 1.29 is 9.53 Å². The van der Waals surface area contributed by atoms with Crippen LogP contribution < -0.4 is 4.74 Å². The Kier molecular flexibility index (Phi) is 7.03. The molecule has 0 saturated carbocycles. The number of carbonyl (C=O) groups is 1. The summed E-state index contributed by atoms with van der Waals surface area (Å²) >= 11 is 0. The Morgan fingerprint density at radius 1 is 0.839 bits per heavy atom. The standard InChI is InChI=1S/C28H31NO2/c1-2-27(31-26-18-17-24-15-9-10-16-25(24)19-26)28(30)29(20-22-11-5-3-6-12-22)21-23-13-7-4-8-14-23/h3-8,11-14,17-19,27H,2,9-10,15-16,20-21H2,1H3. The Balaban J connectivity index is 1.53. The minimum absolute atomic E-state index is 0.0351. The van der Waals surface area contributed by atoms with E-state index in [2.05, 4.69) is 36.4 Å². The van der Waals surface area contributed by atoms with Gasteiger partial charge in [0.15, 0.2) is 6.10 Å². The number of aryl methyl sites for hydroxylation is 2. The first kappa shape index (κ1) is 21.2. The molecule has 1 amide bonds. The minimum atomic E-state index is -0.492. The first-order valence-electron chi connectivity index (χ1n) is 11.4. The van der Waals surface area contributed by atoms with Gasteiger partial charge in [0.25, 0.3) is 5.91 Å². The molecule has 0 aliphatic heterocycles. The zero-order valence-corrected chi connectivity index (χ0v) is 18.3. The van der Waals surface area contributed by atoms with Gasteiger partial charge in [-0.25, -0.2) is 0 Å². The molecule has 0 aromatic heterocycles. The van der Waals surface area contributed by atoms with Crippen molar-refractivity contribution in [2.45, 2.75) is 58.2 Å². The second kappa shape index (κ2) is 10.3. The number of rotatable bonds is 8. The number of hydrogen-bond donors (Lipinski definition) is 0. The fraction of sp³-hybridized carbons (Fsp3) is 0.321. The topological polar surface area (TPSA) is 29.5 Å². The molecule has 4 rings (SSSR count). The van der Waals surface area contributed by atoms with Crippen LogP contribution in [0.1, 0.15) is 48.4 Å². The molecular formula is C28H31NO2. The summed E-state index contributed by atoms with van der Waals surface area (Å²) in [5.41, 5.74) is 5.04. The summed E-state index contributed by atoms with van der Waals surface area (Å²) in [5, 5.41) is 0. The number of ether oxygens (including phenoxy) is 1. The molecule has 3 aromatic carbocycles. The minimum Gasteiger partial charge on any atom is -0.481 e. The Labute approximate surface area is 185 Å². The van der Waals surface area contributed by atoms with Crippen molar-refractivity contribution in [3.8, 4) is 5.75 Å². The number of hydrogen-bond acceptors (Lipinski definition) is 2. The molecule has 0 fully saturated rings. The van der Waals surface area contributed by atoms with Gasteiger partial charge in [-0.3, -0.25) is 4.79 Å². The van der Waals surface area contributed by atoms with Gasteiger partial charge in [-0.05, 0) is 66.5 Å². The molecule has 0 bridgehead atoms. The normalized spacial score (nSPS) is 13.8. The lowest BCUT2D eigenvalue weighted by atomic mass is 9.92. The first-order valence-corrected chi connectivity index (χ1v) is 11.4. The number of amides is 1. The van der Waals surface area contributed by atoms with Gasteiger partial charge in [0.2, 0.25) is 0 Å². The third-order valence-electron chi connectivity index (χ3n) is 5.99. The number of carbonyl (C=O) groups excluding carboxylic acids is 1. The lowest BCUT2D eigenvalue weighted by molar-refractivity contribution is -0.140. The van der Waals surface area contributed by atoms with E-state index in [4.69, 9.17) is 4.74 Å². The molecule has 1 aliphatic carbocycles. The highest BCUT2D eigenvalue weighted by Gasteiger charge is 2.25. The van der Waals surface area contributed by atoms with E-state index in [-0.39, 0.29) is 5.91 Å². The van der Waals surface area contributed by atoms with Gasteiger partial charge in [-0.1, -0.05) is 73.7 Å². The quantitative estimate of drug-likeness (QED) is 0.456. The lowest BCUT2D eigenvalue weighted by Crippen LogP contribution is -2.41. The van der Waals surface area contributed by atoms with Crippen LogP contribution in [-0.2, 0) is 30.7 Å². The van der Waals surface area contributed by atoms with Gasteiger partial charge in [0.1, 0.15) is 5.75 Å². The molecule has 3 heteroatoms. The van der Waals surface area contributed by atoms with Crippen molar-refractivity contribution in [2.24, 2.45) is 0 Å². The summed E-state index contributed by atoms with van der Waals surface area (Å²) in [4.78, 5) is 15.5. The highest BCUT2D eigenvalue weighted by atomic mass is 16.5. The summed E-state index contributed by atoms with van der Waals surface area (Å²) in [6.07, 6.45) is 4.88. The van der Waals surface area contributed by atoms with Gasteiger partial charge < -0.3 is 9.64 Å². The summed E-state index contributed by atoms with van der Waals surface area (Å²) in [5.74, 6) is 0.841. The Bertz CT molecular complexity index is 943. The molecule has 0 radical (unpaired) electrons. The second-order valence-electron chi connectivity index (χ2n) is 8.32. The molecule has 0 N–H and O–H groups in total. The number of benzene rings is 3. The maximum Gasteiger partial charge on any atom is 0.264 e. The Hall–Kier alpha value is -3.07. The van der Waals surface area contributed by atoms with Crippen LogP contribution in [0.25, 0.3) is 0 Å². The zero-order chi connectivity index (χ0) is 21.5. The number of nitrogens with zero attached hydrogens (tertiary/aromatic N) is 1. The van der Waals surface area contributed by atoms with Crippen LogP contribution in [0.3, 0.4) is 0 Å². The van der Waals surface area contributed by atoms with Crippen molar-refractivity contribution >= 4 is 5.91 Å². The molecule has 31 heavy (non-hydrogen) atoms. The average Bonchev–Trinajstić information content (AvgIpc) is 2.83. The predicted octanol–water partition coefficient (Wildman–Crippen LogP) is 5.95. The molecule has 1 atom stereocenters. The second-order valence-corrected chi connectivity index (χ2v) is 8.32. The number of fused-ring (bicyclic) bond motifs is 1. The highest BCUT2D eigenvalue weighted by molar-refractivity contribution is 5.81. The van der Waals surface area contributed by atoms with Crippen LogP contribution in [0.15, 0.2) is 78.9 Å². The highest BCUT2D eigenvalue weighted by Crippen LogP contribution is 2.26. The molecule has 3 aromatic rings. The third-order valence-corrected chi connectivity index (χ3v) is 5.99.